The van der Waals surface area contributed by atoms with E-state index in [4.69, 9.17) is 12.2 Å². The van der Waals surface area contributed by atoms with Crippen LogP contribution in [0.15, 0.2) is 30.9 Å². The van der Waals surface area contributed by atoms with Gasteiger partial charge >= 0.3 is 0 Å². The smallest absolute Gasteiger partial charge is 0.269 e. The van der Waals surface area contributed by atoms with Crippen molar-refractivity contribution in [2.45, 2.75) is 6.54 Å². The summed E-state index contributed by atoms with van der Waals surface area (Å²) in [7, 11) is 0. The van der Waals surface area contributed by atoms with E-state index >= 15 is 0 Å². The standard InChI is InChI=1S/C11H13N3O3S/c1-2-5-12-11(18)13-7-8-6-9(14(16)17)3-4-10(8)15/h2-4,6,15H,1,5,7H2,(H2,12,13,18)/p-1. The minimum absolute atomic E-state index is 0.114. The zero-order valence-corrected chi connectivity index (χ0v) is 10.3. The lowest BCUT2D eigenvalue weighted by atomic mass is 10.2. The van der Waals surface area contributed by atoms with Gasteiger partial charge in [-0.2, -0.15) is 0 Å². The molecule has 0 fully saturated rings. The van der Waals surface area contributed by atoms with Crippen molar-refractivity contribution in [3.63, 3.8) is 0 Å². The van der Waals surface area contributed by atoms with E-state index < -0.39 is 4.92 Å². The van der Waals surface area contributed by atoms with E-state index in [0.717, 1.165) is 0 Å². The number of thiocarbonyl (C=S) groups is 1. The highest BCUT2D eigenvalue weighted by Crippen LogP contribution is 2.20. The van der Waals surface area contributed by atoms with Crippen LogP contribution in [0.3, 0.4) is 0 Å². The molecule has 0 aliphatic rings. The molecule has 0 saturated heterocycles. The van der Waals surface area contributed by atoms with Crippen LogP contribution in [-0.2, 0) is 6.54 Å². The molecule has 0 saturated carbocycles. The number of hydrogen-bond donors (Lipinski definition) is 2. The minimum atomic E-state index is -0.544. The third kappa shape index (κ3) is 4.02. The molecule has 1 rings (SSSR count). The molecule has 0 radical (unpaired) electrons. The van der Waals surface area contributed by atoms with E-state index in [0.29, 0.717) is 17.2 Å². The molecule has 0 heterocycles. The van der Waals surface area contributed by atoms with E-state index in [2.05, 4.69) is 17.2 Å². The first-order chi connectivity index (χ1) is 8.54. The zero-order valence-electron chi connectivity index (χ0n) is 9.51. The van der Waals surface area contributed by atoms with Gasteiger partial charge in [0.15, 0.2) is 5.11 Å². The van der Waals surface area contributed by atoms with Gasteiger partial charge < -0.3 is 15.7 Å². The maximum atomic E-state index is 11.5. The van der Waals surface area contributed by atoms with Crippen LogP contribution < -0.4 is 15.7 Å². The van der Waals surface area contributed by atoms with Gasteiger partial charge in [0.25, 0.3) is 5.69 Å². The lowest BCUT2D eigenvalue weighted by Crippen LogP contribution is -2.34. The zero-order chi connectivity index (χ0) is 13.5. The molecule has 0 spiro atoms. The molecule has 0 aliphatic heterocycles. The molecule has 0 bridgehead atoms. The number of nitrogens with one attached hydrogen (secondary N) is 2. The summed E-state index contributed by atoms with van der Waals surface area (Å²) in [4.78, 5) is 10.0. The van der Waals surface area contributed by atoms with Gasteiger partial charge in [-0.25, -0.2) is 0 Å². The van der Waals surface area contributed by atoms with Crippen LogP contribution in [0, 0.1) is 10.1 Å². The Morgan fingerprint density at radius 2 is 2.22 bits per heavy atom. The number of nitrogens with zero attached hydrogens (tertiary/aromatic N) is 1. The molecule has 0 aromatic heterocycles. The number of rotatable bonds is 5. The van der Waals surface area contributed by atoms with Crippen molar-refractivity contribution in [2.75, 3.05) is 6.54 Å². The van der Waals surface area contributed by atoms with Crippen molar-refractivity contribution < 1.29 is 10.0 Å². The van der Waals surface area contributed by atoms with Crippen molar-refractivity contribution in [3.8, 4) is 5.75 Å². The van der Waals surface area contributed by atoms with Crippen LogP contribution in [-0.4, -0.2) is 16.6 Å². The van der Waals surface area contributed by atoms with Crippen LogP contribution >= 0.6 is 12.2 Å². The fourth-order valence-electron chi connectivity index (χ4n) is 1.22. The fraction of sp³-hybridized carbons (Fsp3) is 0.182. The van der Waals surface area contributed by atoms with Crippen molar-refractivity contribution in [1.29, 1.82) is 0 Å². The molecule has 6 nitrogen and oxygen atoms in total. The van der Waals surface area contributed by atoms with Crippen LogP contribution in [0.1, 0.15) is 5.56 Å². The third-order valence-corrected chi connectivity index (χ3v) is 2.39. The van der Waals surface area contributed by atoms with E-state index in [1.807, 2.05) is 0 Å². The van der Waals surface area contributed by atoms with Crippen LogP contribution in [0.5, 0.6) is 5.75 Å². The fourth-order valence-corrected chi connectivity index (χ4v) is 1.38. The first-order valence-electron chi connectivity index (χ1n) is 5.11. The summed E-state index contributed by atoms with van der Waals surface area (Å²) in [6.07, 6.45) is 1.64. The Morgan fingerprint density at radius 1 is 1.50 bits per heavy atom. The lowest BCUT2D eigenvalue weighted by Gasteiger charge is -2.15. The van der Waals surface area contributed by atoms with Crippen LogP contribution in [0.2, 0.25) is 0 Å². The van der Waals surface area contributed by atoms with Gasteiger partial charge in [-0.05, 0) is 17.8 Å². The molecule has 0 atom stereocenters. The SMILES string of the molecule is C=CCNC(=S)NCc1cc([N+](=O)[O-])ccc1[O-]. The monoisotopic (exact) mass is 266 g/mol. The summed E-state index contributed by atoms with van der Waals surface area (Å²) in [6, 6.07) is 3.60. The highest BCUT2D eigenvalue weighted by molar-refractivity contribution is 7.80. The number of nitro benzene ring substituents is 1. The Hall–Kier alpha value is -2.15. The van der Waals surface area contributed by atoms with Crippen molar-refractivity contribution in [3.05, 3.63) is 46.5 Å². The second-order valence-corrected chi connectivity index (χ2v) is 3.81. The van der Waals surface area contributed by atoms with E-state index in [1.54, 1.807) is 6.08 Å². The molecule has 0 unspecified atom stereocenters. The molecule has 0 amide bonds. The lowest BCUT2D eigenvalue weighted by molar-refractivity contribution is -0.385. The Balaban J connectivity index is 2.66. The topological polar surface area (TPSA) is 90.3 Å². The number of nitro groups is 1. The Labute approximate surface area is 109 Å². The highest BCUT2D eigenvalue weighted by Gasteiger charge is 2.06. The Kier molecular flexibility index (Phi) is 5.06. The van der Waals surface area contributed by atoms with Crippen molar-refractivity contribution in [2.24, 2.45) is 0 Å². The average molecular weight is 266 g/mol. The van der Waals surface area contributed by atoms with E-state index in [1.165, 1.54) is 18.2 Å². The molecule has 2 N–H and O–H groups in total. The van der Waals surface area contributed by atoms with Gasteiger partial charge in [-0.3, -0.25) is 10.1 Å². The van der Waals surface area contributed by atoms with E-state index in [9.17, 15) is 15.2 Å². The molecular formula is C11H12N3O3S-. The molecule has 7 heteroatoms. The third-order valence-electron chi connectivity index (χ3n) is 2.10. The Bertz CT molecular complexity index is 477. The molecule has 18 heavy (non-hydrogen) atoms. The normalized spacial score (nSPS) is 9.56. The first kappa shape index (κ1) is 13.9. The van der Waals surface area contributed by atoms with Crippen molar-refractivity contribution >= 4 is 23.0 Å². The van der Waals surface area contributed by atoms with Crippen LogP contribution in [0.25, 0.3) is 0 Å². The summed E-state index contributed by atoms with van der Waals surface area (Å²) < 4.78 is 0. The van der Waals surface area contributed by atoms with Gasteiger partial charge in [-0.15, -0.1) is 12.3 Å². The number of hydrogen-bond acceptors (Lipinski definition) is 4. The van der Waals surface area contributed by atoms with Gasteiger partial charge in [0.2, 0.25) is 0 Å². The largest absolute Gasteiger partial charge is 0.872 e. The minimum Gasteiger partial charge on any atom is -0.872 e. The van der Waals surface area contributed by atoms with Gasteiger partial charge in [-0.1, -0.05) is 12.1 Å². The molecule has 0 aliphatic carbocycles. The van der Waals surface area contributed by atoms with E-state index in [-0.39, 0.29) is 18.0 Å². The van der Waals surface area contributed by atoms with Gasteiger partial charge in [0, 0.05) is 25.2 Å². The number of benzene rings is 1. The van der Waals surface area contributed by atoms with Gasteiger partial charge in [0.1, 0.15) is 0 Å². The summed E-state index contributed by atoms with van der Waals surface area (Å²) in [5.41, 5.74) is 0.184. The predicted octanol–water partition coefficient (Wildman–Crippen LogP) is 0.818. The maximum Gasteiger partial charge on any atom is 0.269 e. The average Bonchev–Trinajstić information content (AvgIpc) is 2.35. The Morgan fingerprint density at radius 3 is 2.83 bits per heavy atom. The second kappa shape index (κ2) is 6.55. The van der Waals surface area contributed by atoms with Crippen LogP contribution in [0.4, 0.5) is 5.69 Å². The first-order valence-corrected chi connectivity index (χ1v) is 5.52. The molecule has 1 aromatic rings. The summed E-state index contributed by atoms with van der Waals surface area (Å²) in [5, 5.41) is 28.0. The summed E-state index contributed by atoms with van der Waals surface area (Å²) >= 11 is 4.94. The van der Waals surface area contributed by atoms with Gasteiger partial charge in [0.05, 0.1) is 4.92 Å². The molecular weight excluding hydrogens is 254 g/mol. The maximum absolute atomic E-state index is 11.5. The quantitative estimate of drug-likeness (QED) is 0.355. The molecule has 1 aromatic carbocycles. The number of non-ortho nitro benzene ring substituents is 1. The van der Waals surface area contributed by atoms with Crippen molar-refractivity contribution in [1.82, 2.24) is 10.6 Å². The molecule has 96 valence electrons. The summed E-state index contributed by atoms with van der Waals surface area (Å²) in [6.45, 7) is 4.17. The second-order valence-electron chi connectivity index (χ2n) is 3.40. The summed E-state index contributed by atoms with van der Waals surface area (Å²) in [5.74, 6) is -0.264. The highest BCUT2D eigenvalue weighted by atomic mass is 32.1. The predicted molar refractivity (Wildman–Crippen MR) is 70.2 cm³/mol.